The number of hydrogen-bond acceptors (Lipinski definition) is 5. The van der Waals surface area contributed by atoms with Crippen molar-refractivity contribution < 1.29 is 4.79 Å². The van der Waals surface area contributed by atoms with E-state index < -0.39 is 0 Å². The summed E-state index contributed by atoms with van der Waals surface area (Å²) in [6.45, 7) is 3.40. The van der Waals surface area contributed by atoms with E-state index in [4.69, 9.17) is 4.98 Å². The first-order chi connectivity index (χ1) is 13.8. The summed E-state index contributed by atoms with van der Waals surface area (Å²) in [5.74, 6) is 0.496. The smallest absolute Gasteiger partial charge is 0.274 e. The molecule has 3 aromatic rings. The van der Waals surface area contributed by atoms with Crippen LogP contribution in [-0.4, -0.2) is 56.3 Å². The number of amides is 1. The van der Waals surface area contributed by atoms with Crippen LogP contribution in [0.3, 0.4) is 0 Å². The Morgan fingerprint density at radius 3 is 2.86 bits per heavy atom. The highest BCUT2D eigenvalue weighted by atomic mass is 16.2. The molecule has 2 atom stereocenters. The number of carbonyl (C=O) groups is 1. The number of nitrogens with zero attached hydrogens (tertiary/aromatic N) is 5. The predicted molar refractivity (Wildman–Crippen MR) is 107 cm³/mol. The van der Waals surface area contributed by atoms with E-state index in [9.17, 15) is 4.79 Å². The molecule has 2 bridgehead atoms. The number of para-hydroxylation sites is 1. The molecule has 6 heteroatoms. The van der Waals surface area contributed by atoms with Crippen LogP contribution in [0.5, 0.6) is 0 Å². The second-order valence-corrected chi connectivity index (χ2v) is 7.82. The van der Waals surface area contributed by atoms with Gasteiger partial charge in [0.1, 0.15) is 5.69 Å². The van der Waals surface area contributed by atoms with Gasteiger partial charge in [-0.3, -0.25) is 19.7 Å². The first-order valence-electron chi connectivity index (χ1n) is 9.90. The largest absolute Gasteiger partial charge is 0.335 e. The highest BCUT2D eigenvalue weighted by Gasteiger charge is 2.37. The molecular weight excluding hydrogens is 350 g/mol. The molecule has 0 saturated carbocycles. The third-order valence-corrected chi connectivity index (χ3v) is 5.92. The van der Waals surface area contributed by atoms with E-state index >= 15 is 0 Å². The number of fused-ring (bicyclic) bond motifs is 5. The second-order valence-electron chi connectivity index (χ2n) is 7.82. The highest BCUT2D eigenvalue weighted by molar-refractivity contribution is 5.92. The average Bonchev–Trinajstić information content (AvgIpc) is 3.06. The van der Waals surface area contributed by atoms with Crippen LogP contribution in [0.25, 0.3) is 10.9 Å². The van der Waals surface area contributed by atoms with E-state index in [1.807, 2.05) is 17.0 Å². The predicted octanol–water partition coefficient (Wildman–Crippen LogP) is 2.76. The Balaban J connectivity index is 1.34. The van der Waals surface area contributed by atoms with Gasteiger partial charge in [0.25, 0.3) is 5.91 Å². The molecule has 6 rings (SSSR count). The van der Waals surface area contributed by atoms with Crippen molar-refractivity contribution in [3.63, 3.8) is 0 Å². The minimum atomic E-state index is -0.00400. The molecule has 5 heterocycles. The minimum absolute atomic E-state index is 0.00400. The molecule has 0 N–H and O–H groups in total. The molecule has 3 aliphatic heterocycles. The average molecular weight is 373 g/mol. The Bertz CT molecular complexity index is 992. The van der Waals surface area contributed by atoms with Gasteiger partial charge in [0.15, 0.2) is 0 Å². The van der Waals surface area contributed by atoms with E-state index in [2.05, 4.69) is 39.1 Å². The van der Waals surface area contributed by atoms with Gasteiger partial charge in [-0.05, 0) is 30.9 Å². The normalized spacial score (nSPS) is 22.4. The lowest BCUT2D eigenvalue weighted by molar-refractivity contribution is 0.0729. The van der Waals surface area contributed by atoms with Crippen LogP contribution in [0.15, 0.2) is 55.0 Å². The number of piperidine rings is 1. The van der Waals surface area contributed by atoms with Gasteiger partial charge in [0, 0.05) is 50.0 Å². The van der Waals surface area contributed by atoms with Gasteiger partial charge in [0.05, 0.1) is 17.4 Å². The van der Waals surface area contributed by atoms with Crippen molar-refractivity contribution in [1.29, 1.82) is 0 Å². The first kappa shape index (κ1) is 17.3. The molecule has 3 saturated heterocycles. The van der Waals surface area contributed by atoms with E-state index in [-0.39, 0.29) is 5.91 Å². The zero-order valence-electron chi connectivity index (χ0n) is 15.7. The van der Waals surface area contributed by atoms with E-state index in [1.165, 1.54) is 11.8 Å². The summed E-state index contributed by atoms with van der Waals surface area (Å²) < 4.78 is 0. The minimum Gasteiger partial charge on any atom is -0.335 e. The zero-order chi connectivity index (χ0) is 18.9. The van der Waals surface area contributed by atoms with Gasteiger partial charge < -0.3 is 4.90 Å². The standard InChI is InChI=1S/C22H23N5O/c28-22(21-11-23-9-10-24-21)27-13-16-5-8-19(15-27)26(12-16)14-18-7-6-17-3-1-2-4-20(17)25-18/h1-4,6-7,9-11,16,19H,5,8,12-15H2/t16-,19-/m1/s1. The van der Waals surface area contributed by atoms with Crippen LogP contribution < -0.4 is 0 Å². The highest BCUT2D eigenvalue weighted by Crippen LogP contribution is 2.29. The summed E-state index contributed by atoms with van der Waals surface area (Å²) in [7, 11) is 0. The molecule has 28 heavy (non-hydrogen) atoms. The van der Waals surface area contributed by atoms with E-state index in [0.29, 0.717) is 17.7 Å². The molecule has 3 fully saturated rings. The lowest BCUT2D eigenvalue weighted by Gasteiger charge is -2.35. The Morgan fingerprint density at radius 2 is 1.96 bits per heavy atom. The monoisotopic (exact) mass is 373 g/mol. The summed E-state index contributed by atoms with van der Waals surface area (Å²) in [5, 5.41) is 1.17. The Kier molecular flexibility index (Phi) is 4.49. The third-order valence-electron chi connectivity index (χ3n) is 5.92. The number of pyridine rings is 1. The SMILES string of the molecule is O=C(c1cnccn1)N1C[C@@H]2CC[C@H](C1)N(Cc1ccc3ccccc3n1)C2. The van der Waals surface area contributed by atoms with Gasteiger partial charge in [-0.1, -0.05) is 24.3 Å². The Hall–Kier alpha value is -2.86. The molecule has 0 radical (unpaired) electrons. The van der Waals surface area contributed by atoms with Crippen LogP contribution in [0.1, 0.15) is 29.0 Å². The Labute approximate surface area is 164 Å². The quantitative estimate of drug-likeness (QED) is 0.706. The molecule has 2 aromatic heterocycles. The summed E-state index contributed by atoms with van der Waals surface area (Å²) in [4.78, 5) is 30.4. The van der Waals surface area contributed by atoms with Crippen LogP contribution in [0.2, 0.25) is 0 Å². The molecular formula is C22H23N5O. The lowest BCUT2D eigenvalue weighted by atomic mass is 9.95. The molecule has 1 amide bonds. The van der Waals surface area contributed by atoms with E-state index in [0.717, 1.165) is 43.8 Å². The van der Waals surface area contributed by atoms with Crippen molar-refractivity contribution >= 4 is 16.8 Å². The van der Waals surface area contributed by atoms with Crippen LogP contribution in [0.4, 0.5) is 0 Å². The molecule has 1 aromatic carbocycles. The van der Waals surface area contributed by atoms with Crippen LogP contribution in [-0.2, 0) is 6.54 Å². The molecule has 0 aliphatic carbocycles. The van der Waals surface area contributed by atoms with Gasteiger partial charge >= 0.3 is 0 Å². The second kappa shape index (κ2) is 7.28. The summed E-state index contributed by atoms with van der Waals surface area (Å²) in [6, 6.07) is 12.9. The summed E-state index contributed by atoms with van der Waals surface area (Å²) in [6.07, 6.45) is 7.05. The topological polar surface area (TPSA) is 62.2 Å². The van der Waals surface area contributed by atoms with Crippen LogP contribution in [0, 0.1) is 5.92 Å². The molecule has 142 valence electrons. The van der Waals surface area contributed by atoms with Crippen molar-refractivity contribution in [2.24, 2.45) is 5.92 Å². The number of carbonyl (C=O) groups excluding carboxylic acids is 1. The summed E-state index contributed by atoms with van der Waals surface area (Å²) in [5.41, 5.74) is 2.57. The van der Waals surface area contributed by atoms with Crippen LogP contribution >= 0.6 is 0 Å². The van der Waals surface area contributed by atoms with Gasteiger partial charge in [-0.25, -0.2) is 4.98 Å². The number of rotatable bonds is 3. The maximum atomic E-state index is 12.9. The third kappa shape index (κ3) is 3.36. The lowest BCUT2D eigenvalue weighted by Crippen LogP contribution is -2.44. The Morgan fingerprint density at radius 1 is 1.04 bits per heavy atom. The van der Waals surface area contributed by atoms with E-state index in [1.54, 1.807) is 18.6 Å². The van der Waals surface area contributed by atoms with Crippen molar-refractivity contribution in [1.82, 2.24) is 24.8 Å². The maximum absolute atomic E-state index is 12.9. The van der Waals surface area contributed by atoms with Crippen molar-refractivity contribution in [2.45, 2.75) is 25.4 Å². The van der Waals surface area contributed by atoms with Gasteiger partial charge in [-0.15, -0.1) is 0 Å². The van der Waals surface area contributed by atoms with Crippen molar-refractivity contribution in [2.75, 3.05) is 19.6 Å². The fraction of sp³-hybridized carbons (Fsp3) is 0.364. The molecule has 0 spiro atoms. The molecule has 6 nitrogen and oxygen atoms in total. The number of aromatic nitrogens is 3. The summed E-state index contributed by atoms with van der Waals surface area (Å²) >= 11 is 0. The fourth-order valence-electron chi connectivity index (χ4n) is 4.51. The zero-order valence-corrected chi connectivity index (χ0v) is 15.7. The maximum Gasteiger partial charge on any atom is 0.274 e. The number of benzene rings is 1. The van der Waals surface area contributed by atoms with Crippen molar-refractivity contribution in [3.05, 3.63) is 66.4 Å². The number of hydrogen-bond donors (Lipinski definition) is 0. The molecule has 3 aliphatic rings. The van der Waals surface area contributed by atoms with Crippen molar-refractivity contribution in [3.8, 4) is 0 Å². The van der Waals surface area contributed by atoms with Gasteiger partial charge in [-0.2, -0.15) is 0 Å². The van der Waals surface area contributed by atoms with Gasteiger partial charge in [0.2, 0.25) is 0 Å². The fourth-order valence-corrected chi connectivity index (χ4v) is 4.51. The molecule has 0 unspecified atom stereocenters. The first-order valence-corrected chi connectivity index (χ1v) is 9.90.